The number of hydrogen-bond acceptors (Lipinski definition) is 6. The number of amides is 1. The molecule has 0 bridgehead atoms. The average Bonchev–Trinajstić information content (AvgIpc) is 3.63. The third-order valence-corrected chi connectivity index (χ3v) is 10.5. The Morgan fingerprint density at radius 3 is 2.32 bits per heavy atom. The number of allylic oxidation sites excluding steroid dienone is 1. The summed E-state index contributed by atoms with van der Waals surface area (Å²) in [5, 5.41) is 9.20. The lowest BCUT2D eigenvalue weighted by Crippen LogP contribution is -2.35. The summed E-state index contributed by atoms with van der Waals surface area (Å²) in [6, 6.07) is 5.83. The van der Waals surface area contributed by atoms with Crippen LogP contribution in [0.3, 0.4) is 0 Å². The minimum Gasteiger partial charge on any atom is -0.346 e. The normalized spacial score (nSPS) is 17.4. The highest BCUT2D eigenvalue weighted by atomic mass is 35.5. The van der Waals surface area contributed by atoms with E-state index in [1.54, 1.807) is 6.92 Å². The van der Waals surface area contributed by atoms with Crippen LogP contribution in [0.15, 0.2) is 54.6 Å². The summed E-state index contributed by atoms with van der Waals surface area (Å²) in [6.07, 6.45) is -10.1. The summed E-state index contributed by atoms with van der Waals surface area (Å²) < 4.78 is 171. The van der Waals surface area contributed by atoms with Crippen LogP contribution in [-0.2, 0) is 46.4 Å². The molecule has 1 saturated carbocycles. The second-order valence-electron chi connectivity index (χ2n) is 14.4. The molecule has 0 spiro atoms. The molecule has 2 N–H and O–H groups in total. The fraction of sp³-hybridized carbons (Fsp3) is 0.316. The van der Waals surface area contributed by atoms with Crippen LogP contribution in [-0.4, -0.2) is 51.3 Å². The number of carbonyl (C=O) groups excluding carboxylic acids is 1. The van der Waals surface area contributed by atoms with Gasteiger partial charge in [-0.3, -0.25) is 18.9 Å². The molecule has 60 heavy (non-hydrogen) atoms. The number of anilines is 1. The van der Waals surface area contributed by atoms with Gasteiger partial charge in [0.05, 0.1) is 33.9 Å². The van der Waals surface area contributed by atoms with Crippen LogP contribution < -0.4 is 10.0 Å². The molecule has 7 rings (SSSR count). The zero-order chi connectivity index (χ0) is 43.9. The van der Waals surface area contributed by atoms with Crippen molar-refractivity contribution in [3.63, 3.8) is 0 Å². The van der Waals surface area contributed by atoms with Crippen LogP contribution in [0, 0.1) is 29.4 Å². The maximum Gasteiger partial charge on any atom is 0.435 e. The second-order valence-corrected chi connectivity index (χ2v) is 16.6. The smallest absolute Gasteiger partial charge is 0.346 e. The molecule has 0 radical (unpaired) electrons. The second kappa shape index (κ2) is 14.8. The van der Waals surface area contributed by atoms with Gasteiger partial charge >= 0.3 is 12.4 Å². The van der Waals surface area contributed by atoms with Gasteiger partial charge in [-0.1, -0.05) is 30.2 Å². The molecule has 22 heteroatoms. The van der Waals surface area contributed by atoms with Gasteiger partial charge in [0.1, 0.15) is 36.1 Å². The first kappa shape index (κ1) is 42.5. The monoisotopic (exact) mass is 887 g/mol. The Labute approximate surface area is 338 Å². The van der Waals surface area contributed by atoms with Crippen LogP contribution >= 0.6 is 11.6 Å². The minimum atomic E-state index is -5.15. The molecule has 5 aromatic rings. The summed E-state index contributed by atoms with van der Waals surface area (Å²) in [4.78, 5) is 18.5. The lowest BCUT2D eigenvalue weighted by atomic mass is 9.93. The van der Waals surface area contributed by atoms with E-state index in [2.05, 4.69) is 38.9 Å². The number of aromatic nitrogens is 5. The molecule has 0 aliphatic heterocycles. The van der Waals surface area contributed by atoms with Crippen molar-refractivity contribution in [3.05, 3.63) is 105 Å². The maximum atomic E-state index is 15.4. The summed E-state index contributed by atoms with van der Waals surface area (Å²) in [5.41, 5.74) is -4.03. The number of pyridine rings is 1. The molecule has 3 aromatic heterocycles. The Kier molecular flexibility index (Phi) is 10.5. The van der Waals surface area contributed by atoms with E-state index in [0.29, 0.717) is 16.3 Å². The van der Waals surface area contributed by atoms with Crippen LogP contribution in [0.1, 0.15) is 59.2 Å². The highest BCUT2D eigenvalue weighted by molar-refractivity contribution is 7.92. The van der Waals surface area contributed by atoms with Gasteiger partial charge in [-0.2, -0.15) is 45.3 Å². The summed E-state index contributed by atoms with van der Waals surface area (Å²) >= 11 is 6.45. The van der Waals surface area contributed by atoms with Crippen molar-refractivity contribution in [1.82, 2.24) is 29.9 Å². The first-order chi connectivity index (χ1) is 27.8. The number of nitrogens with one attached hydrogen (secondary N) is 2. The molecule has 316 valence electrons. The van der Waals surface area contributed by atoms with Crippen molar-refractivity contribution in [2.75, 3.05) is 11.0 Å². The zero-order valence-corrected chi connectivity index (χ0v) is 32.4. The lowest BCUT2D eigenvalue weighted by Gasteiger charge is -2.23. The summed E-state index contributed by atoms with van der Waals surface area (Å²) in [6.45, 7) is 2.28. The van der Waals surface area contributed by atoms with Crippen molar-refractivity contribution >= 4 is 44.3 Å². The molecule has 2 aromatic carbocycles. The standard InChI is InChI=1S/C38H28ClF10N7O3S/c1-17(2)4-5-21-6-7-22(23-8-9-26(39)30-32(23)56(16-36(42,43)44)53-35(30)54-60(3,58)59)31(50-21)27(12-18-10-19(40)13-20(41)11-18)51-28(57)15-55-34-29(33(52-55)38(47,48)49)24-14-25(24)37(34,45)46/h6-11,13,24-25,27H,1,12,14-16H2,2-3H3,(H,51,57)(H,53,54)/t24-,25+,27-/m0/s1. The molecule has 0 unspecified atom stereocenters. The van der Waals surface area contributed by atoms with Gasteiger partial charge in [-0.15, -0.1) is 0 Å². The quantitative estimate of drug-likeness (QED) is 0.107. The number of sulfonamides is 1. The Bertz CT molecular complexity index is 2770. The largest absolute Gasteiger partial charge is 0.435 e. The Balaban J connectivity index is 1.42. The van der Waals surface area contributed by atoms with Crippen LogP contribution in [0.5, 0.6) is 0 Å². The molecule has 2 aliphatic carbocycles. The fourth-order valence-corrected chi connectivity index (χ4v) is 8.12. The average molecular weight is 888 g/mol. The highest BCUT2D eigenvalue weighted by Gasteiger charge is 2.68. The van der Waals surface area contributed by atoms with E-state index in [0.717, 1.165) is 18.4 Å². The Morgan fingerprint density at radius 2 is 1.70 bits per heavy atom. The third kappa shape index (κ3) is 8.52. The molecule has 1 amide bonds. The van der Waals surface area contributed by atoms with Crippen molar-refractivity contribution in [2.45, 2.75) is 63.1 Å². The van der Waals surface area contributed by atoms with Crippen molar-refractivity contribution < 1.29 is 57.1 Å². The van der Waals surface area contributed by atoms with Crippen molar-refractivity contribution in [1.29, 1.82) is 0 Å². The molecule has 0 saturated heterocycles. The van der Waals surface area contributed by atoms with Gasteiger partial charge in [0.2, 0.25) is 15.9 Å². The summed E-state index contributed by atoms with van der Waals surface area (Å²) in [5.74, 6) is -4.81. The number of halogens is 11. The zero-order valence-electron chi connectivity index (χ0n) is 30.8. The third-order valence-electron chi connectivity index (χ3n) is 9.59. The van der Waals surface area contributed by atoms with Gasteiger partial charge in [0, 0.05) is 28.7 Å². The van der Waals surface area contributed by atoms with E-state index in [1.165, 1.54) is 24.3 Å². The number of alkyl halides is 8. The van der Waals surface area contributed by atoms with Gasteiger partial charge in [-0.25, -0.2) is 22.2 Å². The van der Waals surface area contributed by atoms with Gasteiger partial charge < -0.3 is 5.32 Å². The summed E-state index contributed by atoms with van der Waals surface area (Å²) in [7, 11) is -4.16. The van der Waals surface area contributed by atoms with E-state index in [-0.39, 0.29) is 55.1 Å². The van der Waals surface area contributed by atoms with Crippen LogP contribution in [0.2, 0.25) is 5.02 Å². The van der Waals surface area contributed by atoms with Crippen LogP contribution in [0.4, 0.5) is 49.7 Å². The van der Waals surface area contributed by atoms with E-state index in [4.69, 9.17) is 11.6 Å². The maximum absolute atomic E-state index is 15.4. The van der Waals surface area contributed by atoms with Gasteiger partial charge in [0.25, 0.3) is 5.92 Å². The fourth-order valence-electron chi connectivity index (χ4n) is 7.39. The number of nitrogens with zero attached hydrogens (tertiary/aromatic N) is 5. The number of rotatable bonds is 10. The van der Waals surface area contributed by atoms with Crippen molar-refractivity contribution in [2.24, 2.45) is 5.92 Å². The van der Waals surface area contributed by atoms with E-state index < -0.39 is 106 Å². The number of fused-ring (bicyclic) bond motifs is 4. The van der Waals surface area contributed by atoms with Gasteiger partial charge in [0.15, 0.2) is 11.5 Å². The molecule has 10 nitrogen and oxygen atoms in total. The Hall–Kier alpha value is -5.62. The molecular formula is C38H28ClF10N7O3S. The molecule has 3 atom stereocenters. The molecule has 3 heterocycles. The number of carbonyl (C=O) groups is 1. The molecular weight excluding hydrogens is 860 g/mol. The van der Waals surface area contributed by atoms with Crippen LogP contribution in [0.25, 0.3) is 22.0 Å². The predicted octanol–water partition coefficient (Wildman–Crippen LogP) is 8.42. The molecule has 2 aliphatic rings. The van der Waals surface area contributed by atoms with Gasteiger partial charge in [-0.05, 0) is 73.1 Å². The van der Waals surface area contributed by atoms with E-state index >= 15 is 8.78 Å². The molecule has 1 fully saturated rings. The number of benzene rings is 2. The minimum absolute atomic E-state index is 0.0338. The first-order valence-electron chi connectivity index (χ1n) is 17.5. The predicted molar refractivity (Wildman–Crippen MR) is 197 cm³/mol. The lowest BCUT2D eigenvalue weighted by molar-refractivity contribution is -0.142. The topological polar surface area (TPSA) is 124 Å². The van der Waals surface area contributed by atoms with E-state index in [1.807, 2.05) is 4.72 Å². The Morgan fingerprint density at radius 1 is 1.03 bits per heavy atom. The first-order valence-corrected chi connectivity index (χ1v) is 19.8. The SMILES string of the molecule is C=C(C)C#Cc1ccc(-c2ccc(Cl)c3c(NS(C)(=O)=O)nn(CC(F)(F)F)c23)c([C@H](Cc2cc(F)cc(F)c2)NC(=O)Cn2nc(C(F)(F)F)c3c2C(F)(F)[C@@H]2C[C@H]32)n1. The van der Waals surface area contributed by atoms with Crippen molar-refractivity contribution in [3.8, 4) is 23.0 Å². The number of hydrogen-bond donors (Lipinski definition) is 2. The highest BCUT2D eigenvalue weighted by Crippen LogP contribution is 2.68. The van der Waals surface area contributed by atoms with E-state index in [9.17, 15) is 48.3 Å².